The van der Waals surface area contributed by atoms with Gasteiger partial charge in [0.15, 0.2) is 0 Å². The molecule has 2 aromatic rings. The molecular weight excluding hydrogens is 472 g/mol. The zero-order valence-electron chi connectivity index (χ0n) is 24.2. The van der Waals surface area contributed by atoms with Crippen LogP contribution in [0.25, 0.3) is 10.9 Å². The van der Waals surface area contributed by atoms with Gasteiger partial charge in [-0.25, -0.2) is 4.79 Å². The molecule has 214 valence electrons. The van der Waals surface area contributed by atoms with Gasteiger partial charge in [-0.05, 0) is 24.5 Å². The summed E-state index contributed by atoms with van der Waals surface area (Å²) in [5.41, 5.74) is 1.91. The van der Waals surface area contributed by atoms with E-state index in [0.717, 1.165) is 55.0 Å². The maximum atomic E-state index is 13.3. The van der Waals surface area contributed by atoms with Crippen LogP contribution in [-0.4, -0.2) is 28.0 Å². The standard InChI is InChI=1S/C33H54N2O3/c1-3-5-7-9-11-13-15-17-21-27(22-18-16-14-12-10-8-6-4-2)32(36)35-31(33(37)38)25-28-26-34-30-24-20-19-23-29(28)30/h19-20,23-24,26-27,31,34H,3-18,21-22,25H2,1-2H3,(H,35,36)(H,37,38)/t31-/m0/s1. The molecule has 1 amide bonds. The summed E-state index contributed by atoms with van der Waals surface area (Å²) in [7, 11) is 0. The third kappa shape index (κ3) is 12.5. The van der Waals surface area contributed by atoms with Crippen LogP contribution in [0.3, 0.4) is 0 Å². The lowest BCUT2D eigenvalue weighted by molar-refractivity contribution is -0.142. The number of carbonyl (C=O) groups is 2. The summed E-state index contributed by atoms with van der Waals surface area (Å²) in [6, 6.07) is 6.98. The van der Waals surface area contributed by atoms with Gasteiger partial charge in [0.05, 0.1) is 0 Å². The van der Waals surface area contributed by atoms with Crippen molar-refractivity contribution in [2.45, 2.75) is 142 Å². The SMILES string of the molecule is CCCCCCCCCCC(CCCCCCCCCC)C(=O)N[C@@H](Cc1c[nH]c2ccccc12)C(=O)O. The molecule has 0 aliphatic heterocycles. The number of nitrogens with one attached hydrogen (secondary N) is 2. The molecule has 0 saturated carbocycles. The first kappa shape index (κ1) is 31.9. The summed E-state index contributed by atoms with van der Waals surface area (Å²) in [5.74, 6) is -1.15. The first-order chi connectivity index (χ1) is 18.6. The molecule has 38 heavy (non-hydrogen) atoms. The number of aliphatic carboxylic acids is 1. The average Bonchev–Trinajstić information content (AvgIpc) is 3.32. The molecule has 0 spiro atoms. The number of benzene rings is 1. The van der Waals surface area contributed by atoms with E-state index in [0.29, 0.717) is 0 Å². The zero-order valence-corrected chi connectivity index (χ0v) is 24.2. The molecule has 0 unspecified atom stereocenters. The highest BCUT2D eigenvalue weighted by molar-refractivity contribution is 5.87. The number of carboxylic acid groups (broad SMARTS) is 1. The van der Waals surface area contributed by atoms with Crippen molar-refractivity contribution in [3.05, 3.63) is 36.0 Å². The van der Waals surface area contributed by atoms with E-state index < -0.39 is 12.0 Å². The van der Waals surface area contributed by atoms with E-state index in [2.05, 4.69) is 24.1 Å². The van der Waals surface area contributed by atoms with Gasteiger partial charge in [0.2, 0.25) is 5.91 Å². The van der Waals surface area contributed by atoms with Crippen LogP contribution >= 0.6 is 0 Å². The number of carbonyl (C=O) groups excluding carboxylic acids is 1. The van der Waals surface area contributed by atoms with Gasteiger partial charge in [0.1, 0.15) is 6.04 Å². The normalized spacial score (nSPS) is 12.3. The number of hydrogen-bond acceptors (Lipinski definition) is 2. The van der Waals surface area contributed by atoms with Crippen LogP contribution in [0.5, 0.6) is 0 Å². The van der Waals surface area contributed by atoms with Crippen molar-refractivity contribution in [2.75, 3.05) is 0 Å². The number of carboxylic acids is 1. The van der Waals surface area contributed by atoms with Crippen molar-refractivity contribution in [3.8, 4) is 0 Å². The van der Waals surface area contributed by atoms with Crippen molar-refractivity contribution in [1.82, 2.24) is 10.3 Å². The van der Waals surface area contributed by atoms with Crippen LogP contribution in [0.2, 0.25) is 0 Å². The number of rotatable bonds is 23. The number of aromatic nitrogens is 1. The monoisotopic (exact) mass is 526 g/mol. The summed E-state index contributed by atoms with van der Waals surface area (Å²) in [5, 5.41) is 13.9. The van der Waals surface area contributed by atoms with Gasteiger partial charge in [0.25, 0.3) is 0 Å². The highest BCUT2D eigenvalue weighted by Gasteiger charge is 2.26. The second-order valence-electron chi connectivity index (χ2n) is 11.2. The van der Waals surface area contributed by atoms with E-state index >= 15 is 0 Å². The quantitative estimate of drug-likeness (QED) is 0.126. The Labute approximate surface area is 231 Å². The molecule has 1 heterocycles. The third-order valence-electron chi connectivity index (χ3n) is 7.90. The van der Waals surface area contributed by atoms with Gasteiger partial charge < -0.3 is 15.4 Å². The Kier molecular flexibility index (Phi) is 16.6. The minimum absolute atomic E-state index is 0.0804. The molecule has 0 aliphatic rings. The van der Waals surface area contributed by atoms with Crippen LogP contribution in [0.1, 0.15) is 135 Å². The molecule has 5 nitrogen and oxygen atoms in total. The van der Waals surface area contributed by atoms with E-state index in [-0.39, 0.29) is 18.2 Å². The van der Waals surface area contributed by atoms with E-state index in [9.17, 15) is 14.7 Å². The van der Waals surface area contributed by atoms with Crippen LogP contribution in [-0.2, 0) is 16.0 Å². The number of para-hydroxylation sites is 1. The maximum Gasteiger partial charge on any atom is 0.326 e. The predicted octanol–water partition coefficient (Wildman–Crippen LogP) is 8.96. The van der Waals surface area contributed by atoms with Crippen molar-refractivity contribution in [1.29, 1.82) is 0 Å². The lowest BCUT2D eigenvalue weighted by Crippen LogP contribution is -2.45. The average molecular weight is 527 g/mol. The maximum absolute atomic E-state index is 13.3. The first-order valence-corrected chi connectivity index (χ1v) is 15.6. The topological polar surface area (TPSA) is 82.2 Å². The highest BCUT2D eigenvalue weighted by Crippen LogP contribution is 2.22. The van der Waals surface area contributed by atoms with Crippen LogP contribution < -0.4 is 5.32 Å². The molecule has 5 heteroatoms. The van der Waals surface area contributed by atoms with Gasteiger partial charge in [-0.15, -0.1) is 0 Å². The van der Waals surface area contributed by atoms with Gasteiger partial charge in [-0.2, -0.15) is 0 Å². The Morgan fingerprint density at radius 1 is 0.763 bits per heavy atom. The number of aromatic amines is 1. The fourth-order valence-electron chi connectivity index (χ4n) is 5.47. The summed E-state index contributed by atoms with van der Waals surface area (Å²) in [6.07, 6.45) is 23.8. The minimum Gasteiger partial charge on any atom is -0.480 e. The number of fused-ring (bicyclic) bond motifs is 1. The van der Waals surface area contributed by atoms with E-state index in [1.165, 1.54) is 77.0 Å². The van der Waals surface area contributed by atoms with Crippen LogP contribution in [0.4, 0.5) is 0 Å². The Morgan fingerprint density at radius 3 is 1.79 bits per heavy atom. The molecule has 2 rings (SSSR count). The molecular formula is C33H54N2O3. The van der Waals surface area contributed by atoms with Crippen molar-refractivity contribution >= 4 is 22.8 Å². The molecule has 3 N–H and O–H groups in total. The second-order valence-corrected chi connectivity index (χ2v) is 11.2. The Bertz CT molecular complexity index is 887. The Balaban J connectivity index is 1.87. The largest absolute Gasteiger partial charge is 0.480 e. The van der Waals surface area contributed by atoms with E-state index in [1.807, 2.05) is 30.5 Å². The Hall–Kier alpha value is -2.30. The number of H-pyrrole nitrogens is 1. The van der Waals surface area contributed by atoms with Crippen molar-refractivity contribution < 1.29 is 14.7 Å². The lowest BCUT2D eigenvalue weighted by Gasteiger charge is -2.21. The molecule has 0 fully saturated rings. The minimum atomic E-state index is -0.971. The molecule has 0 radical (unpaired) electrons. The number of amides is 1. The van der Waals surface area contributed by atoms with Gasteiger partial charge in [0, 0.05) is 29.4 Å². The van der Waals surface area contributed by atoms with Gasteiger partial charge in [-0.3, -0.25) is 4.79 Å². The number of unbranched alkanes of at least 4 members (excludes halogenated alkanes) is 14. The third-order valence-corrected chi connectivity index (χ3v) is 7.90. The van der Waals surface area contributed by atoms with Crippen molar-refractivity contribution in [2.24, 2.45) is 5.92 Å². The molecule has 0 aliphatic carbocycles. The fourth-order valence-corrected chi connectivity index (χ4v) is 5.47. The predicted molar refractivity (Wildman–Crippen MR) is 160 cm³/mol. The lowest BCUT2D eigenvalue weighted by atomic mass is 9.92. The van der Waals surface area contributed by atoms with Crippen LogP contribution in [0.15, 0.2) is 30.5 Å². The molecule has 0 bridgehead atoms. The van der Waals surface area contributed by atoms with Gasteiger partial charge in [-0.1, -0.05) is 135 Å². The summed E-state index contributed by atoms with van der Waals surface area (Å²) >= 11 is 0. The molecule has 1 atom stereocenters. The van der Waals surface area contributed by atoms with Crippen LogP contribution in [0, 0.1) is 5.92 Å². The summed E-state index contributed by atoms with van der Waals surface area (Å²) in [6.45, 7) is 4.49. The van der Waals surface area contributed by atoms with Gasteiger partial charge >= 0.3 is 5.97 Å². The first-order valence-electron chi connectivity index (χ1n) is 15.6. The van der Waals surface area contributed by atoms with E-state index in [4.69, 9.17) is 0 Å². The second kappa shape index (κ2) is 19.7. The fraction of sp³-hybridized carbons (Fsp3) is 0.697. The summed E-state index contributed by atoms with van der Waals surface area (Å²) in [4.78, 5) is 28.7. The Morgan fingerprint density at radius 2 is 1.26 bits per heavy atom. The molecule has 1 aromatic carbocycles. The van der Waals surface area contributed by atoms with Crippen molar-refractivity contribution in [3.63, 3.8) is 0 Å². The highest BCUT2D eigenvalue weighted by atomic mass is 16.4. The zero-order chi connectivity index (χ0) is 27.4. The summed E-state index contributed by atoms with van der Waals surface area (Å²) < 4.78 is 0. The molecule has 1 aromatic heterocycles. The molecule has 0 saturated heterocycles. The number of hydrogen-bond donors (Lipinski definition) is 3. The smallest absolute Gasteiger partial charge is 0.326 e. The van der Waals surface area contributed by atoms with E-state index in [1.54, 1.807) is 0 Å².